The monoisotopic (exact) mass is 236 g/mol. The van der Waals surface area contributed by atoms with E-state index in [1.165, 1.54) is 24.4 Å². The van der Waals surface area contributed by atoms with Gasteiger partial charge in [0.2, 0.25) is 6.20 Å². The molecular formula is C9H9F3NO3+. The molecular weight excluding hydrogens is 227 g/mol. The number of hydrogen-bond acceptors (Lipinski definition) is 3. The summed E-state index contributed by atoms with van der Waals surface area (Å²) in [5, 5.41) is 0. The minimum Gasteiger partial charge on any atom is -0.365 e. The van der Waals surface area contributed by atoms with E-state index < -0.39 is 12.3 Å². The molecule has 0 fully saturated rings. The maximum absolute atomic E-state index is 11.8. The Morgan fingerprint density at radius 1 is 1.44 bits per heavy atom. The highest BCUT2D eigenvalue weighted by Gasteiger charge is 2.38. The molecule has 16 heavy (non-hydrogen) atoms. The Morgan fingerprint density at radius 3 is 2.69 bits per heavy atom. The maximum Gasteiger partial charge on any atom is 0.575 e. The van der Waals surface area contributed by atoms with Crippen LogP contribution in [0.3, 0.4) is 0 Å². The van der Waals surface area contributed by atoms with Gasteiger partial charge in [-0.25, -0.2) is 4.79 Å². The van der Waals surface area contributed by atoms with E-state index in [2.05, 4.69) is 4.74 Å². The van der Waals surface area contributed by atoms with E-state index in [9.17, 15) is 18.0 Å². The van der Waals surface area contributed by atoms with Gasteiger partial charge in [-0.3, -0.25) is 4.84 Å². The van der Waals surface area contributed by atoms with Crippen LogP contribution in [-0.2, 0) is 4.74 Å². The van der Waals surface area contributed by atoms with E-state index in [0.717, 1.165) is 4.73 Å². The van der Waals surface area contributed by atoms with E-state index in [1.807, 2.05) is 0 Å². The smallest absolute Gasteiger partial charge is 0.365 e. The summed E-state index contributed by atoms with van der Waals surface area (Å²) in [7, 11) is 0. The molecule has 7 heteroatoms. The number of ether oxygens (including phenoxy) is 1. The molecule has 0 spiro atoms. The average molecular weight is 236 g/mol. The molecule has 4 nitrogen and oxygen atoms in total. The average Bonchev–Trinajstić information content (AvgIpc) is 2.16. The van der Waals surface area contributed by atoms with Crippen molar-refractivity contribution in [2.45, 2.75) is 13.3 Å². The number of rotatable bonds is 3. The Kier molecular flexibility index (Phi) is 3.70. The van der Waals surface area contributed by atoms with Crippen molar-refractivity contribution in [2.24, 2.45) is 0 Å². The number of carbonyl (C=O) groups is 1. The van der Waals surface area contributed by atoms with Gasteiger partial charge in [0.1, 0.15) is 0 Å². The van der Waals surface area contributed by atoms with Gasteiger partial charge in [-0.1, -0.05) is 0 Å². The highest BCUT2D eigenvalue weighted by atomic mass is 19.4. The van der Waals surface area contributed by atoms with Gasteiger partial charge in [0, 0.05) is 16.9 Å². The van der Waals surface area contributed by atoms with Crippen molar-refractivity contribution in [1.82, 2.24) is 0 Å². The van der Waals surface area contributed by atoms with E-state index in [4.69, 9.17) is 4.84 Å². The summed E-state index contributed by atoms with van der Waals surface area (Å²) in [5.41, 5.74) is -0.332. The lowest BCUT2D eigenvalue weighted by atomic mass is 10.3. The number of hydrogen-bond donors (Lipinski definition) is 0. The fourth-order valence-corrected chi connectivity index (χ4v) is 0.995. The summed E-state index contributed by atoms with van der Waals surface area (Å²) in [6, 6.07) is 4.09. The second kappa shape index (κ2) is 4.82. The van der Waals surface area contributed by atoms with Crippen LogP contribution in [-0.4, -0.2) is 18.9 Å². The second-order valence-corrected chi connectivity index (χ2v) is 2.66. The lowest BCUT2D eigenvalue weighted by Gasteiger charge is -2.05. The van der Waals surface area contributed by atoms with E-state index in [-0.39, 0.29) is 12.3 Å². The SMILES string of the molecule is CCO[n+]1ccccc1C(=O)OC(F)(F)F. The van der Waals surface area contributed by atoms with Crippen LogP contribution in [0.1, 0.15) is 17.4 Å². The topological polar surface area (TPSA) is 39.4 Å². The fraction of sp³-hybridized carbons (Fsp3) is 0.333. The predicted molar refractivity (Wildman–Crippen MR) is 45.2 cm³/mol. The van der Waals surface area contributed by atoms with Crippen LogP contribution in [0.4, 0.5) is 13.2 Å². The fourth-order valence-electron chi connectivity index (χ4n) is 0.995. The Bertz CT molecular complexity index is 379. The van der Waals surface area contributed by atoms with E-state index in [1.54, 1.807) is 6.92 Å². The summed E-state index contributed by atoms with van der Waals surface area (Å²) >= 11 is 0. The van der Waals surface area contributed by atoms with Gasteiger partial charge in [-0.15, -0.1) is 13.2 Å². The number of pyridine rings is 1. The van der Waals surface area contributed by atoms with Crippen molar-refractivity contribution in [3.05, 3.63) is 30.1 Å². The van der Waals surface area contributed by atoms with Gasteiger partial charge < -0.3 is 4.74 Å². The van der Waals surface area contributed by atoms with Crippen molar-refractivity contribution < 1.29 is 32.3 Å². The van der Waals surface area contributed by atoms with Gasteiger partial charge >= 0.3 is 18.0 Å². The minimum absolute atomic E-state index is 0.209. The summed E-state index contributed by atoms with van der Waals surface area (Å²) in [6.07, 6.45) is -3.69. The van der Waals surface area contributed by atoms with E-state index in [0.29, 0.717) is 0 Å². The predicted octanol–water partition coefficient (Wildman–Crippen LogP) is 1.10. The first-order chi connectivity index (χ1) is 7.44. The molecule has 1 rings (SSSR count). The molecule has 0 atom stereocenters. The first-order valence-electron chi connectivity index (χ1n) is 4.38. The molecule has 0 amide bonds. The Morgan fingerprint density at radius 2 is 2.12 bits per heavy atom. The molecule has 0 unspecified atom stereocenters. The number of nitrogens with zero attached hydrogens (tertiary/aromatic N) is 1. The van der Waals surface area contributed by atoms with Crippen molar-refractivity contribution in [2.75, 3.05) is 6.61 Å². The van der Waals surface area contributed by atoms with Crippen LogP contribution in [0, 0.1) is 0 Å². The maximum atomic E-state index is 11.8. The first-order valence-corrected chi connectivity index (χ1v) is 4.38. The molecule has 1 aromatic heterocycles. The molecule has 0 saturated heterocycles. The lowest BCUT2D eigenvalue weighted by Crippen LogP contribution is -2.48. The van der Waals surface area contributed by atoms with Crippen LogP contribution in [0.15, 0.2) is 24.4 Å². The molecule has 0 saturated carbocycles. The largest absolute Gasteiger partial charge is 0.575 e. The van der Waals surface area contributed by atoms with Crippen LogP contribution in [0.5, 0.6) is 0 Å². The molecule has 0 aliphatic rings. The highest BCUT2D eigenvalue weighted by molar-refractivity contribution is 5.85. The molecule has 0 N–H and O–H groups in total. The summed E-state index contributed by atoms with van der Waals surface area (Å²) in [6.45, 7) is 1.85. The molecule has 0 aliphatic carbocycles. The Hall–Kier alpha value is -1.79. The Labute approximate surface area is 89.2 Å². The van der Waals surface area contributed by atoms with Crippen molar-refractivity contribution in [1.29, 1.82) is 0 Å². The third-order valence-electron chi connectivity index (χ3n) is 1.51. The standard InChI is InChI=1S/C9H9F3NO3/c1-2-15-13-6-4-3-5-7(13)8(14)16-9(10,11)12/h3-6H,2H2,1H3/q+1. The number of halogens is 3. The molecule has 1 heterocycles. The van der Waals surface area contributed by atoms with Crippen molar-refractivity contribution in [3.63, 3.8) is 0 Å². The number of esters is 1. The van der Waals surface area contributed by atoms with Gasteiger partial charge in [-0.2, -0.15) is 0 Å². The number of aromatic nitrogens is 1. The summed E-state index contributed by atoms with van der Waals surface area (Å²) in [4.78, 5) is 16.0. The molecule has 0 aliphatic heterocycles. The van der Waals surface area contributed by atoms with Crippen LogP contribution in [0.2, 0.25) is 0 Å². The van der Waals surface area contributed by atoms with Crippen LogP contribution >= 0.6 is 0 Å². The Balaban J connectivity index is 2.90. The van der Waals surface area contributed by atoms with Gasteiger partial charge in [-0.05, 0) is 13.0 Å². The zero-order valence-corrected chi connectivity index (χ0v) is 8.32. The second-order valence-electron chi connectivity index (χ2n) is 2.66. The minimum atomic E-state index is -5.00. The third-order valence-corrected chi connectivity index (χ3v) is 1.51. The highest BCUT2D eigenvalue weighted by Crippen LogP contribution is 2.17. The quantitative estimate of drug-likeness (QED) is 0.582. The third kappa shape index (κ3) is 3.41. The summed E-state index contributed by atoms with van der Waals surface area (Å²) < 4.78 is 39.6. The van der Waals surface area contributed by atoms with Crippen molar-refractivity contribution >= 4 is 5.97 Å². The van der Waals surface area contributed by atoms with Crippen LogP contribution < -0.4 is 9.57 Å². The zero-order valence-electron chi connectivity index (χ0n) is 8.32. The van der Waals surface area contributed by atoms with E-state index >= 15 is 0 Å². The molecule has 1 aromatic rings. The van der Waals surface area contributed by atoms with Gasteiger partial charge in [0.25, 0.3) is 0 Å². The molecule has 0 radical (unpaired) electrons. The van der Waals surface area contributed by atoms with Crippen molar-refractivity contribution in [3.8, 4) is 0 Å². The first kappa shape index (κ1) is 12.3. The normalized spacial score (nSPS) is 11.0. The molecule has 0 bridgehead atoms. The summed E-state index contributed by atoms with van der Waals surface area (Å²) in [5.74, 6) is -1.51. The zero-order chi connectivity index (χ0) is 12.2. The number of alkyl halides is 3. The molecule has 0 aromatic carbocycles. The number of carbonyl (C=O) groups excluding carboxylic acids is 1. The van der Waals surface area contributed by atoms with Gasteiger partial charge in [0.15, 0.2) is 6.61 Å². The van der Waals surface area contributed by atoms with Gasteiger partial charge in [0.05, 0.1) is 0 Å². The molecule has 88 valence electrons. The lowest BCUT2D eigenvalue weighted by molar-refractivity contribution is -0.892. The van der Waals surface area contributed by atoms with Crippen LogP contribution in [0.25, 0.3) is 0 Å².